The van der Waals surface area contributed by atoms with Crippen LogP contribution in [0.1, 0.15) is 10.6 Å². The average molecular weight is 431 g/mol. The van der Waals surface area contributed by atoms with E-state index in [-0.39, 0.29) is 18.0 Å². The number of anilines is 1. The summed E-state index contributed by atoms with van der Waals surface area (Å²) in [6, 6.07) is 13.1. The Balaban J connectivity index is 1.77. The Labute approximate surface area is 178 Å². The fourth-order valence-electron chi connectivity index (χ4n) is 3.12. The van der Waals surface area contributed by atoms with Crippen molar-refractivity contribution in [3.05, 3.63) is 80.4 Å². The van der Waals surface area contributed by atoms with E-state index in [1.165, 1.54) is 11.3 Å². The van der Waals surface area contributed by atoms with Crippen LogP contribution in [0.25, 0.3) is 5.69 Å². The van der Waals surface area contributed by atoms with Gasteiger partial charge in [-0.15, -0.1) is 17.9 Å². The van der Waals surface area contributed by atoms with Gasteiger partial charge in [0.15, 0.2) is 0 Å². The van der Waals surface area contributed by atoms with Gasteiger partial charge >= 0.3 is 0 Å². The van der Waals surface area contributed by atoms with Gasteiger partial charge in [-0.1, -0.05) is 35.9 Å². The molecule has 0 spiro atoms. The van der Waals surface area contributed by atoms with Gasteiger partial charge in [-0.05, 0) is 31.2 Å². The SMILES string of the molecule is C=CCN(CC(=O)Nc1c(C)n(C)n(-c2ccccc2)c1=O)Cc1ccc(Cl)s1. The number of aromatic nitrogens is 2. The van der Waals surface area contributed by atoms with Crippen LogP contribution < -0.4 is 10.9 Å². The maximum absolute atomic E-state index is 12.9. The third-order valence-electron chi connectivity index (χ3n) is 4.58. The smallest absolute Gasteiger partial charge is 0.295 e. The molecule has 8 heteroatoms. The summed E-state index contributed by atoms with van der Waals surface area (Å²) in [5, 5.41) is 2.80. The molecule has 2 heterocycles. The van der Waals surface area contributed by atoms with Crippen LogP contribution in [0.3, 0.4) is 0 Å². The van der Waals surface area contributed by atoms with Crippen molar-refractivity contribution in [3.8, 4) is 5.69 Å². The molecular formula is C21H23ClN4O2S. The van der Waals surface area contributed by atoms with Crippen molar-refractivity contribution in [1.82, 2.24) is 14.3 Å². The molecule has 0 fully saturated rings. The summed E-state index contributed by atoms with van der Waals surface area (Å²) in [4.78, 5) is 28.6. The summed E-state index contributed by atoms with van der Waals surface area (Å²) in [6.45, 7) is 6.84. The lowest BCUT2D eigenvalue weighted by Gasteiger charge is -2.19. The van der Waals surface area contributed by atoms with Gasteiger partial charge in [0, 0.05) is 25.0 Å². The summed E-state index contributed by atoms with van der Waals surface area (Å²) in [6.07, 6.45) is 1.75. The first kappa shape index (κ1) is 21.1. The third-order valence-corrected chi connectivity index (χ3v) is 5.80. The number of para-hydroxylation sites is 1. The summed E-state index contributed by atoms with van der Waals surface area (Å²) < 4.78 is 3.99. The Kier molecular flexibility index (Phi) is 6.74. The number of rotatable bonds is 8. The van der Waals surface area contributed by atoms with Gasteiger partial charge < -0.3 is 5.32 Å². The van der Waals surface area contributed by atoms with Crippen LogP contribution >= 0.6 is 22.9 Å². The van der Waals surface area contributed by atoms with Crippen LogP contribution in [0.4, 0.5) is 5.69 Å². The van der Waals surface area contributed by atoms with E-state index in [1.54, 1.807) is 22.5 Å². The van der Waals surface area contributed by atoms with Crippen LogP contribution in [-0.4, -0.2) is 33.3 Å². The minimum Gasteiger partial charge on any atom is -0.319 e. The first-order valence-corrected chi connectivity index (χ1v) is 10.3. The Bertz CT molecular complexity index is 1070. The number of hydrogen-bond acceptors (Lipinski definition) is 4. The molecule has 3 rings (SSSR count). The minimum atomic E-state index is -0.259. The second kappa shape index (κ2) is 9.26. The van der Waals surface area contributed by atoms with Gasteiger partial charge in [0.2, 0.25) is 5.91 Å². The zero-order valence-electron chi connectivity index (χ0n) is 16.4. The van der Waals surface area contributed by atoms with Gasteiger partial charge in [-0.3, -0.25) is 19.2 Å². The highest BCUT2D eigenvalue weighted by atomic mass is 35.5. The van der Waals surface area contributed by atoms with Crippen molar-refractivity contribution in [3.63, 3.8) is 0 Å². The van der Waals surface area contributed by atoms with Crippen molar-refractivity contribution in [2.45, 2.75) is 13.5 Å². The van der Waals surface area contributed by atoms with Gasteiger partial charge in [-0.25, -0.2) is 4.68 Å². The topological polar surface area (TPSA) is 59.3 Å². The normalized spacial score (nSPS) is 11.0. The van der Waals surface area contributed by atoms with E-state index < -0.39 is 0 Å². The molecule has 0 aliphatic heterocycles. The predicted octanol–water partition coefficient (Wildman–Crippen LogP) is 3.83. The molecule has 0 saturated heterocycles. The standard InChI is InChI=1S/C21H23ClN4O2S/c1-4-12-25(13-17-10-11-18(22)29-17)14-19(27)23-20-15(2)24(3)26(21(20)28)16-8-6-5-7-9-16/h4-11H,1,12-14H2,2-3H3,(H,23,27). The fourth-order valence-corrected chi connectivity index (χ4v) is 4.25. The van der Waals surface area contributed by atoms with Gasteiger partial charge in [-0.2, -0.15) is 0 Å². The number of halogens is 1. The predicted molar refractivity (Wildman–Crippen MR) is 119 cm³/mol. The maximum Gasteiger partial charge on any atom is 0.295 e. The van der Waals surface area contributed by atoms with E-state index in [2.05, 4.69) is 11.9 Å². The van der Waals surface area contributed by atoms with Gasteiger partial charge in [0.25, 0.3) is 5.56 Å². The molecule has 0 atom stereocenters. The molecule has 152 valence electrons. The summed E-state index contributed by atoms with van der Waals surface area (Å²) in [7, 11) is 1.80. The first-order valence-electron chi connectivity index (χ1n) is 9.12. The lowest BCUT2D eigenvalue weighted by Crippen LogP contribution is -2.34. The average Bonchev–Trinajstić information content (AvgIpc) is 3.19. The second-order valence-electron chi connectivity index (χ2n) is 6.65. The largest absolute Gasteiger partial charge is 0.319 e. The molecule has 0 unspecified atom stereocenters. The number of nitrogens with zero attached hydrogens (tertiary/aromatic N) is 3. The molecule has 29 heavy (non-hydrogen) atoms. The van der Waals surface area contributed by atoms with Crippen molar-refractivity contribution in [2.24, 2.45) is 7.05 Å². The van der Waals surface area contributed by atoms with E-state index in [0.29, 0.717) is 28.8 Å². The number of carbonyl (C=O) groups excluding carboxylic acids is 1. The van der Waals surface area contributed by atoms with Crippen molar-refractivity contribution >= 4 is 34.5 Å². The first-order chi connectivity index (χ1) is 13.9. The molecule has 0 saturated carbocycles. The molecule has 1 amide bonds. The molecule has 6 nitrogen and oxygen atoms in total. The summed E-state index contributed by atoms with van der Waals surface area (Å²) in [5.74, 6) is -0.250. The third kappa shape index (κ3) is 4.87. The van der Waals surface area contributed by atoms with E-state index in [4.69, 9.17) is 11.6 Å². The van der Waals surface area contributed by atoms with Crippen LogP contribution in [0.15, 0.2) is 59.9 Å². The zero-order chi connectivity index (χ0) is 21.0. The van der Waals surface area contributed by atoms with E-state index in [1.807, 2.05) is 54.3 Å². The van der Waals surface area contributed by atoms with Crippen LogP contribution in [0.2, 0.25) is 4.34 Å². The Morgan fingerprint density at radius 3 is 2.62 bits per heavy atom. The van der Waals surface area contributed by atoms with Gasteiger partial charge in [0.1, 0.15) is 5.69 Å². The number of thiophene rings is 1. The lowest BCUT2D eigenvalue weighted by atomic mass is 10.3. The Hall–Kier alpha value is -2.61. The number of carbonyl (C=O) groups is 1. The van der Waals surface area contributed by atoms with E-state index >= 15 is 0 Å². The zero-order valence-corrected chi connectivity index (χ0v) is 18.0. The van der Waals surface area contributed by atoms with Crippen molar-refractivity contribution in [1.29, 1.82) is 0 Å². The number of nitrogens with one attached hydrogen (secondary N) is 1. The molecule has 1 aromatic carbocycles. The Morgan fingerprint density at radius 2 is 2.00 bits per heavy atom. The number of amides is 1. The molecular weight excluding hydrogens is 408 g/mol. The molecule has 1 N–H and O–H groups in total. The highest BCUT2D eigenvalue weighted by Gasteiger charge is 2.19. The quantitative estimate of drug-likeness (QED) is 0.552. The molecule has 0 radical (unpaired) electrons. The Morgan fingerprint density at radius 1 is 1.28 bits per heavy atom. The fraction of sp³-hybridized carbons (Fsp3) is 0.238. The summed E-state index contributed by atoms with van der Waals surface area (Å²) in [5.41, 5.74) is 1.46. The molecule has 0 aliphatic carbocycles. The maximum atomic E-state index is 12.9. The van der Waals surface area contributed by atoms with Crippen LogP contribution in [0.5, 0.6) is 0 Å². The van der Waals surface area contributed by atoms with Crippen molar-refractivity contribution < 1.29 is 4.79 Å². The lowest BCUT2D eigenvalue weighted by molar-refractivity contribution is -0.117. The molecule has 0 aliphatic rings. The second-order valence-corrected chi connectivity index (χ2v) is 8.45. The number of benzene rings is 1. The van der Waals surface area contributed by atoms with Crippen LogP contribution in [0, 0.1) is 6.92 Å². The molecule has 3 aromatic rings. The van der Waals surface area contributed by atoms with Gasteiger partial charge in [0.05, 0.1) is 22.3 Å². The minimum absolute atomic E-state index is 0.140. The highest BCUT2D eigenvalue weighted by molar-refractivity contribution is 7.16. The monoisotopic (exact) mass is 430 g/mol. The summed E-state index contributed by atoms with van der Waals surface area (Å²) >= 11 is 7.48. The van der Waals surface area contributed by atoms with Crippen molar-refractivity contribution in [2.75, 3.05) is 18.4 Å². The van der Waals surface area contributed by atoms with E-state index in [9.17, 15) is 9.59 Å². The molecule has 0 bridgehead atoms. The number of hydrogen-bond donors (Lipinski definition) is 1. The van der Waals surface area contributed by atoms with E-state index in [0.717, 1.165) is 10.6 Å². The van der Waals surface area contributed by atoms with Crippen LogP contribution in [-0.2, 0) is 18.4 Å². The molecule has 2 aromatic heterocycles. The highest BCUT2D eigenvalue weighted by Crippen LogP contribution is 2.22.